The van der Waals surface area contributed by atoms with E-state index < -0.39 is 0 Å². The second kappa shape index (κ2) is 7.01. The summed E-state index contributed by atoms with van der Waals surface area (Å²) < 4.78 is 0. The van der Waals surface area contributed by atoms with Crippen molar-refractivity contribution in [2.24, 2.45) is 5.92 Å². The van der Waals surface area contributed by atoms with Gasteiger partial charge >= 0.3 is 0 Å². The van der Waals surface area contributed by atoms with E-state index in [1.165, 1.54) is 0 Å². The Morgan fingerprint density at radius 2 is 2.04 bits per heavy atom. The number of aliphatic hydroxyl groups is 1. The van der Waals surface area contributed by atoms with Crippen LogP contribution in [0.2, 0.25) is 0 Å². The molecular formula is C19H22N2O3. The molecule has 1 saturated heterocycles. The van der Waals surface area contributed by atoms with Crippen molar-refractivity contribution in [1.29, 1.82) is 0 Å². The van der Waals surface area contributed by atoms with Gasteiger partial charge in [-0.05, 0) is 17.9 Å². The monoisotopic (exact) mass is 326 g/mol. The maximum atomic E-state index is 12.5. The van der Waals surface area contributed by atoms with Gasteiger partial charge in [-0.1, -0.05) is 43.3 Å². The summed E-state index contributed by atoms with van der Waals surface area (Å²) in [6, 6.07) is 13.5. The van der Waals surface area contributed by atoms with Crippen LogP contribution in [0.25, 0.3) is 10.8 Å². The van der Waals surface area contributed by atoms with Gasteiger partial charge in [-0.2, -0.15) is 0 Å². The standard InChI is InChI=1S/C19H22N2O3/c1-2-15(12-22)20-19(24)14-10-18(23)21(11-14)17-9-5-7-13-6-3-4-8-16(13)17/h3-9,14-15,22H,2,10-12H2,1H3,(H,20,24). The smallest absolute Gasteiger partial charge is 0.227 e. The predicted molar refractivity (Wildman–Crippen MR) is 93.7 cm³/mol. The van der Waals surface area contributed by atoms with E-state index in [-0.39, 0.29) is 36.8 Å². The molecule has 2 atom stereocenters. The second-order valence-electron chi connectivity index (χ2n) is 6.20. The third kappa shape index (κ3) is 3.12. The average molecular weight is 326 g/mol. The van der Waals surface area contributed by atoms with Crippen LogP contribution in [0.3, 0.4) is 0 Å². The zero-order valence-electron chi connectivity index (χ0n) is 13.7. The molecule has 2 amide bonds. The number of aliphatic hydroxyl groups excluding tert-OH is 1. The van der Waals surface area contributed by atoms with Crippen molar-refractivity contribution in [3.63, 3.8) is 0 Å². The lowest BCUT2D eigenvalue weighted by atomic mass is 10.1. The average Bonchev–Trinajstić information content (AvgIpc) is 3.00. The minimum absolute atomic E-state index is 0.0384. The van der Waals surface area contributed by atoms with E-state index in [0.29, 0.717) is 13.0 Å². The Balaban J connectivity index is 1.81. The Labute approximate surface area is 141 Å². The van der Waals surface area contributed by atoms with Gasteiger partial charge in [0.15, 0.2) is 0 Å². The second-order valence-corrected chi connectivity index (χ2v) is 6.20. The molecule has 0 radical (unpaired) electrons. The van der Waals surface area contributed by atoms with Gasteiger partial charge in [0.2, 0.25) is 11.8 Å². The number of nitrogens with zero attached hydrogens (tertiary/aromatic N) is 1. The topological polar surface area (TPSA) is 69.6 Å². The van der Waals surface area contributed by atoms with Crippen LogP contribution in [-0.2, 0) is 9.59 Å². The van der Waals surface area contributed by atoms with Crippen LogP contribution >= 0.6 is 0 Å². The van der Waals surface area contributed by atoms with Crippen molar-refractivity contribution < 1.29 is 14.7 Å². The van der Waals surface area contributed by atoms with Crippen LogP contribution < -0.4 is 10.2 Å². The normalized spacial score (nSPS) is 18.8. The Bertz CT molecular complexity index is 750. The Morgan fingerprint density at radius 1 is 1.29 bits per heavy atom. The van der Waals surface area contributed by atoms with E-state index in [2.05, 4.69) is 5.32 Å². The fourth-order valence-corrected chi connectivity index (χ4v) is 3.16. The quantitative estimate of drug-likeness (QED) is 0.884. The van der Waals surface area contributed by atoms with Crippen LogP contribution in [0.1, 0.15) is 19.8 Å². The lowest BCUT2D eigenvalue weighted by molar-refractivity contribution is -0.127. The van der Waals surface area contributed by atoms with Crippen molar-refractivity contribution >= 4 is 28.3 Å². The van der Waals surface area contributed by atoms with Crippen molar-refractivity contribution in [2.45, 2.75) is 25.8 Å². The molecule has 0 bridgehead atoms. The molecule has 1 fully saturated rings. The number of anilines is 1. The molecule has 0 aliphatic carbocycles. The zero-order valence-corrected chi connectivity index (χ0v) is 13.7. The fraction of sp³-hybridized carbons (Fsp3) is 0.368. The number of rotatable bonds is 5. The number of carbonyl (C=O) groups is 2. The molecule has 0 spiro atoms. The number of amides is 2. The van der Waals surface area contributed by atoms with Gasteiger partial charge in [-0.15, -0.1) is 0 Å². The zero-order chi connectivity index (χ0) is 17.1. The number of hydrogen-bond acceptors (Lipinski definition) is 3. The van der Waals surface area contributed by atoms with E-state index >= 15 is 0 Å². The summed E-state index contributed by atoms with van der Waals surface area (Å²) in [5, 5.41) is 14.1. The molecule has 2 unspecified atom stereocenters. The number of fused-ring (bicyclic) bond motifs is 1. The summed E-state index contributed by atoms with van der Waals surface area (Å²) >= 11 is 0. The van der Waals surface area contributed by atoms with Crippen molar-refractivity contribution in [3.05, 3.63) is 42.5 Å². The highest BCUT2D eigenvalue weighted by Crippen LogP contribution is 2.31. The van der Waals surface area contributed by atoms with Crippen LogP contribution in [0, 0.1) is 5.92 Å². The van der Waals surface area contributed by atoms with Crippen LogP contribution in [-0.4, -0.2) is 36.1 Å². The molecule has 1 aliphatic rings. The summed E-state index contributed by atoms with van der Waals surface area (Å²) in [6.07, 6.45) is 0.868. The van der Waals surface area contributed by atoms with Crippen LogP contribution in [0.5, 0.6) is 0 Å². The maximum absolute atomic E-state index is 12.5. The van der Waals surface area contributed by atoms with Crippen molar-refractivity contribution in [1.82, 2.24) is 5.32 Å². The molecule has 1 aliphatic heterocycles. The molecule has 3 rings (SSSR count). The third-order valence-electron chi connectivity index (χ3n) is 4.61. The molecule has 24 heavy (non-hydrogen) atoms. The molecule has 5 heteroatoms. The van der Waals surface area contributed by atoms with Gasteiger partial charge in [0.25, 0.3) is 0 Å². The first-order valence-corrected chi connectivity index (χ1v) is 8.33. The fourth-order valence-electron chi connectivity index (χ4n) is 3.16. The molecule has 2 aromatic rings. The lowest BCUT2D eigenvalue weighted by Crippen LogP contribution is -2.41. The van der Waals surface area contributed by atoms with Crippen molar-refractivity contribution in [2.75, 3.05) is 18.1 Å². The summed E-state index contributed by atoms with van der Waals surface area (Å²) in [7, 11) is 0. The van der Waals surface area contributed by atoms with E-state index in [1.54, 1.807) is 4.90 Å². The first kappa shape index (κ1) is 16.5. The van der Waals surface area contributed by atoms with Gasteiger partial charge in [0, 0.05) is 18.4 Å². The van der Waals surface area contributed by atoms with E-state index in [9.17, 15) is 14.7 Å². The van der Waals surface area contributed by atoms with Crippen LogP contribution in [0.15, 0.2) is 42.5 Å². The first-order chi connectivity index (χ1) is 11.6. The summed E-state index contributed by atoms with van der Waals surface area (Å²) in [5.74, 6) is -0.576. The number of carbonyl (C=O) groups excluding carboxylic acids is 2. The maximum Gasteiger partial charge on any atom is 0.227 e. The number of benzene rings is 2. The predicted octanol–water partition coefficient (Wildman–Crippen LogP) is 2.08. The van der Waals surface area contributed by atoms with E-state index in [1.807, 2.05) is 49.4 Å². The minimum atomic E-state index is -0.378. The minimum Gasteiger partial charge on any atom is -0.394 e. The Morgan fingerprint density at radius 3 is 2.79 bits per heavy atom. The number of hydrogen-bond donors (Lipinski definition) is 2. The third-order valence-corrected chi connectivity index (χ3v) is 4.61. The molecule has 0 saturated carbocycles. The first-order valence-electron chi connectivity index (χ1n) is 8.33. The lowest BCUT2D eigenvalue weighted by Gasteiger charge is -2.20. The van der Waals surface area contributed by atoms with Gasteiger partial charge in [-0.25, -0.2) is 0 Å². The summed E-state index contributed by atoms with van der Waals surface area (Å²) in [6.45, 7) is 2.19. The summed E-state index contributed by atoms with van der Waals surface area (Å²) in [5.41, 5.74) is 0.850. The molecule has 5 nitrogen and oxygen atoms in total. The molecule has 126 valence electrons. The van der Waals surface area contributed by atoms with Gasteiger partial charge < -0.3 is 15.3 Å². The number of nitrogens with one attached hydrogen (secondary N) is 1. The van der Waals surface area contributed by atoms with Gasteiger partial charge in [-0.3, -0.25) is 9.59 Å². The van der Waals surface area contributed by atoms with Gasteiger partial charge in [0.05, 0.1) is 24.3 Å². The Hall–Kier alpha value is -2.40. The highest BCUT2D eigenvalue weighted by molar-refractivity contribution is 6.06. The van der Waals surface area contributed by atoms with Crippen molar-refractivity contribution in [3.8, 4) is 0 Å². The SMILES string of the molecule is CCC(CO)NC(=O)C1CC(=O)N(c2cccc3ccccc23)C1. The molecule has 0 aromatic heterocycles. The highest BCUT2D eigenvalue weighted by Gasteiger charge is 2.36. The van der Waals surface area contributed by atoms with E-state index in [0.717, 1.165) is 16.5 Å². The molecule has 1 heterocycles. The highest BCUT2D eigenvalue weighted by atomic mass is 16.3. The summed E-state index contributed by atoms with van der Waals surface area (Å²) in [4.78, 5) is 26.5. The molecule has 2 N–H and O–H groups in total. The largest absolute Gasteiger partial charge is 0.394 e. The Kier molecular flexibility index (Phi) is 4.81. The van der Waals surface area contributed by atoms with E-state index in [4.69, 9.17) is 0 Å². The van der Waals surface area contributed by atoms with Gasteiger partial charge in [0.1, 0.15) is 0 Å². The molecule has 2 aromatic carbocycles. The molecular weight excluding hydrogens is 304 g/mol. The van der Waals surface area contributed by atoms with Crippen LogP contribution in [0.4, 0.5) is 5.69 Å².